The largest absolute Gasteiger partial charge is 0.506 e. The molecule has 54 heavy (non-hydrogen) atoms. The molecule has 0 unspecified atom stereocenters. The van der Waals surface area contributed by atoms with Crippen molar-refractivity contribution >= 4 is 63.9 Å². The van der Waals surface area contributed by atoms with Gasteiger partial charge in [0.05, 0.1) is 22.0 Å². The molecule has 0 spiro atoms. The predicted octanol–water partition coefficient (Wildman–Crippen LogP) is 9.23. The van der Waals surface area contributed by atoms with Crippen LogP contribution in [0.5, 0.6) is 11.5 Å². The van der Waals surface area contributed by atoms with Gasteiger partial charge in [0.1, 0.15) is 27.0 Å². The summed E-state index contributed by atoms with van der Waals surface area (Å²) in [5.74, 6) is -0.360. The lowest BCUT2D eigenvalue weighted by Gasteiger charge is -2.11. The number of azo groups is 2. The van der Waals surface area contributed by atoms with Crippen LogP contribution in [0.3, 0.4) is 0 Å². The summed E-state index contributed by atoms with van der Waals surface area (Å²) in [6, 6.07) is 27.3. The summed E-state index contributed by atoms with van der Waals surface area (Å²) in [6.45, 7) is 5.50. The van der Waals surface area contributed by atoms with Gasteiger partial charge in [-0.1, -0.05) is 35.9 Å². The Bertz CT molecular complexity index is 2840. The van der Waals surface area contributed by atoms with Crippen LogP contribution in [0.1, 0.15) is 16.7 Å². The molecule has 17 heteroatoms. The number of nitrogens with zero attached hydrogens (tertiary/aromatic N) is 4. The minimum Gasteiger partial charge on any atom is -0.506 e. The maximum Gasteiger partial charge on any atom is 0.339 e. The van der Waals surface area contributed by atoms with Gasteiger partial charge >= 0.3 is 10.1 Å². The molecule has 6 aromatic carbocycles. The normalized spacial score (nSPS) is 12.5. The number of aryl methyl sites for hydroxylation is 3. The Kier molecular flexibility index (Phi) is 10.2. The number of rotatable bonds is 10. The summed E-state index contributed by atoms with van der Waals surface area (Å²) in [7, 11) is -13.9. The number of hydrogen-bond donors (Lipinski definition) is 3. The highest BCUT2D eigenvalue weighted by Gasteiger charge is 2.24. The predicted molar refractivity (Wildman–Crippen MR) is 200 cm³/mol. The standard InChI is InChI=1S/C37H30N4O10S3/c1-22-4-13-30(14-5-22)54(49,50)51-29-11-9-28(10-12-29)38-39-32-15-6-25(18-23(32)2)26-7-16-33(24(3)19-26)40-41-37-34(42)17-8-27-20-31(52(43,44)45)21-35(36(27)37)53(46,47)48/h4-21,42H,1-3H3,(H,43,44,45)(H,46,47,48). The highest BCUT2D eigenvalue weighted by Crippen LogP contribution is 2.41. The molecule has 0 heterocycles. The average Bonchev–Trinajstić information content (AvgIpc) is 3.10. The summed E-state index contributed by atoms with van der Waals surface area (Å²) in [4.78, 5) is -1.62. The fourth-order valence-corrected chi connectivity index (χ4v) is 7.68. The first-order chi connectivity index (χ1) is 25.4. The zero-order valence-corrected chi connectivity index (χ0v) is 31.1. The molecule has 0 aliphatic carbocycles. The number of aromatic hydroxyl groups is 1. The summed E-state index contributed by atoms with van der Waals surface area (Å²) in [6.07, 6.45) is 0. The van der Waals surface area contributed by atoms with Gasteiger partial charge in [-0.3, -0.25) is 9.11 Å². The van der Waals surface area contributed by atoms with E-state index in [1.807, 2.05) is 32.0 Å². The molecule has 14 nitrogen and oxygen atoms in total. The second kappa shape index (κ2) is 14.5. The Morgan fingerprint density at radius 3 is 1.67 bits per heavy atom. The van der Waals surface area contributed by atoms with Crippen LogP contribution < -0.4 is 4.18 Å². The second-order valence-electron chi connectivity index (χ2n) is 12.1. The number of phenolic OH excluding ortho intramolecular Hbond substituents is 1. The van der Waals surface area contributed by atoms with Gasteiger partial charge in [-0.2, -0.15) is 40.6 Å². The van der Waals surface area contributed by atoms with Gasteiger partial charge in [0.25, 0.3) is 20.2 Å². The van der Waals surface area contributed by atoms with Crippen LogP contribution in [0.4, 0.5) is 22.7 Å². The first-order valence-corrected chi connectivity index (χ1v) is 20.1. The molecule has 0 amide bonds. The Morgan fingerprint density at radius 1 is 0.556 bits per heavy atom. The molecule has 276 valence electrons. The summed E-state index contributed by atoms with van der Waals surface area (Å²) < 4.78 is 97.7. The molecular weight excluding hydrogens is 757 g/mol. The number of phenols is 1. The Balaban J connectivity index is 1.20. The van der Waals surface area contributed by atoms with Crippen molar-refractivity contribution in [2.75, 3.05) is 0 Å². The van der Waals surface area contributed by atoms with E-state index in [9.17, 15) is 39.5 Å². The van der Waals surface area contributed by atoms with Crippen LogP contribution in [-0.2, 0) is 30.4 Å². The lowest BCUT2D eigenvalue weighted by molar-refractivity contribution is 0.476. The fraction of sp³-hybridized carbons (Fsp3) is 0.0811. The Morgan fingerprint density at radius 2 is 1.13 bits per heavy atom. The third-order valence-electron chi connectivity index (χ3n) is 8.19. The van der Waals surface area contributed by atoms with Crippen molar-refractivity contribution in [1.82, 2.24) is 0 Å². The van der Waals surface area contributed by atoms with E-state index >= 15 is 0 Å². The van der Waals surface area contributed by atoms with E-state index < -0.39 is 45.9 Å². The van der Waals surface area contributed by atoms with Gasteiger partial charge in [0, 0.05) is 5.39 Å². The molecule has 0 saturated heterocycles. The number of benzene rings is 6. The van der Waals surface area contributed by atoms with Gasteiger partial charge < -0.3 is 9.29 Å². The van der Waals surface area contributed by atoms with Crippen molar-refractivity contribution in [1.29, 1.82) is 0 Å². The van der Waals surface area contributed by atoms with Crippen LogP contribution in [0, 0.1) is 20.8 Å². The molecule has 0 saturated carbocycles. The smallest absolute Gasteiger partial charge is 0.339 e. The maximum atomic E-state index is 12.6. The lowest BCUT2D eigenvalue weighted by atomic mass is 10.0. The van der Waals surface area contributed by atoms with Crippen LogP contribution in [0.25, 0.3) is 21.9 Å². The van der Waals surface area contributed by atoms with Crippen molar-refractivity contribution in [2.45, 2.75) is 35.5 Å². The van der Waals surface area contributed by atoms with Crippen molar-refractivity contribution in [3.05, 3.63) is 126 Å². The van der Waals surface area contributed by atoms with Gasteiger partial charge in [-0.25, -0.2) is 0 Å². The molecule has 0 aliphatic heterocycles. The SMILES string of the molecule is Cc1ccc(S(=O)(=O)Oc2ccc(N=Nc3ccc(-c4ccc(N=Nc5c(O)ccc6cc(S(=O)(=O)O)cc(S(=O)(=O)O)c56)c(C)c4)cc3C)cc2)cc1. The minimum atomic E-state index is -5.04. The van der Waals surface area contributed by atoms with E-state index in [2.05, 4.69) is 20.5 Å². The first kappa shape index (κ1) is 37.9. The topological polar surface area (TPSA) is 222 Å². The third kappa shape index (κ3) is 8.35. The molecule has 0 aromatic heterocycles. The van der Waals surface area contributed by atoms with Crippen molar-refractivity contribution in [2.24, 2.45) is 20.5 Å². The molecule has 0 fully saturated rings. The van der Waals surface area contributed by atoms with Crippen molar-refractivity contribution < 1.29 is 43.6 Å². The zero-order chi connectivity index (χ0) is 39.0. The maximum absolute atomic E-state index is 12.6. The number of fused-ring (bicyclic) bond motifs is 1. The van der Waals surface area contributed by atoms with Gasteiger partial charge in [0.15, 0.2) is 0 Å². The van der Waals surface area contributed by atoms with Crippen molar-refractivity contribution in [3.63, 3.8) is 0 Å². The van der Waals surface area contributed by atoms with Gasteiger partial charge in [-0.05, 0) is 127 Å². The first-order valence-electron chi connectivity index (χ1n) is 15.8. The van der Waals surface area contributed by atoms with Crippen LogP contribution >= 0.6 is 0 Å². The van der Waals surface area contributed by atoms with Crippen LogP contribution in [0.2, 0.25) is 0 Å². The molecular formula is C37H30N4O10S3. The Hall–Kier alpha value is -5.85. The summed E-state index contributed by atoms with van der Waals surface area (Å²) in [5.41, 5.74) is 5.20. The average molecular weight is 787 g/mol. The zero-order valence-electron chi connectivity index (χ0n) is 28.6. The van der Waals surface area contributed by atoms with E-state index in [1.165, 1.54) is 30.3 Å². The lowest BCUT2D eigenvalue weighted by Crippen LogP contribution is -2.09. The quantitative estimate of drug-likeness (QED) is 0.0678. The molecule has 0 atom stereocenters. The number of hydrogen-bond acceptors (Lipinski definition) is 12. The van der Waals surface area contributed by atoms with Crippen molar-refractivity contribution in [3.8, 4) is 22.6 Å². The molecule has 0 bridgehead atoms. The minimum absolute atomic E-state index is 0.0487. The van der Waals surface area contributed by atoms with Crippen LogP contribution in [-0.4, -0.2) is 39.5 Å². The fourth-order valence-electron chi connectivity index (χ4n) is 5.38. The van der Waals surface area contributed by atoms with E-state index in [0.29, 0.717) is 28.7 Å². The van der Waals surface area contributed by atoms with E-state index in [4.69, 9.17) is 4.18 Å². The van der Waals surface area contributed by atoms with E-state index in [0.717, 1.165) is 34.4 Å². The monoisotopic (exact) mass is 786 g/mol. The molecule has 3 N–H and O–H groups in total. The molecule has 6 aromatic rings. The highest BCUT2D eigenvalue weighted by atomic mass is 32.2. The van der Waals surface area contributed by atoms with Crippen LogP contribution in [0.15, 0.2) is 144 Å². The molecule has 6 rings (SSSR count). The van der Waals surface area contributed by atoms with Gasteiger partial charge in [0.2, 0.25) is 0 Å². The van der Waals surface area contributed by atoms with E-state index in [-0.39, 0.29) is 27.1 Å². The highest BCUT2D eigenvalue weighted by molar-refractivity contribution is 7.87. The van der Waals surface area contributed by atoms with E-state index in [1.54, 1.807) is 49.4 Å². The Labute approximate surface area is 310 Å². The second-order valence-corrected chi connectivity index (χ2v) is 16.5. The molecule has 0 aliphatic rings. The molecule has 0 radical (unpaired) electrons. The summed E-state index contributed by atoms with van der Waals surface area (Å²) >= 11 is 0. The summed E-state index contributed by atoms with van der Waals surface area (Å²) in [5, 5.41) is 27.1. The van der Waals surface area contributed by atoms with Gasteiger partial charge in [-0.15, -0.1) is 5.11 Å². The third-order valence-corrected chi connectivity index (χ3v) is 11.2.